The van der Waals surface area contributed by atoms with E-state index in [0.29, 0.717) is 6.54 Å². The van der Waals surface area contributed by atoms with Crippen molar-refractivity contribution in [3.63, 3.8) is 0 Å². The number of ether oxygens (including phenoxy) is 1. The maximum absolute atomic E-state index is 12.5. The van der Waals surface area contributed by atoms with Gasteiger partial charge in [0.1, 0.15) is 0 Å². The van der Waals surface area contributed by atoms with Crippen molar-refractivity contribution in [3.8, 4) is 0 Å². The Hall–Kier alpha value is -2.71. The number of amides is 1. The molecule has 0 radical (unpaired) electrons. The van der Waals surface area contributed by atoms with Crippen molar-refractivity contribution >= 4 is 21.9 Å². The molecule has 1 atom stereocenters. The monoisotopic (exact) mass is 432 g/mol. The number of esters is 1. The number of hydrogen-bond acceptors (Lipinski definition) is 5. The number of carbonyl (C=O) groups excluding carboxylic acids is 2. The molecular weight excluding hydrogens is 404 g/mol. The Morgan fingerprint density at radius 2 is 1.60 bits per heavy atom. The first-order chi connectivity index (χ1) is 13.9. The summed E-state index contributed by atoms with van der Waals surface area (Å²) in [7, 11) is -2.06. The third kappa shape index (κ3) is 6.67. The largest absolute Gasteiger partial charge is 0.449 e. The first-order valence-electron chi connectivity index (χ1n) is 9.53. The number of nitrogens with zero attached hydrogens (tertiary/aromatic N) is 1. The Labute approximate surface area is 178 Å². The fourth-order valence-electron chi connectivity index (χ4n) is 2.76. The highest BCUT2D eigenvalue weighted by molar-refractivity contribution is 7.89. The van der Waals surface area contributed by atoms with Crippen LogP contribution in [0.1, 0.15) is 43.6 Å². The van der Waals surface area contributed by atoms with Crippen LogP contribution in [-0.4, -0.2) is 43.9 Å². The molecule has 2 rings (SSSR count). The number of likely N-dealkylation sites (N-methyl/N-ethyl adjacent to an activating group) is 1. The summed E-state index contributed by atoms with van der Waals surface area (Å²) in [6.07, 6.45) is -0.975. The Kier molecular flexibility index (Phi) is 7.39. The van der Waals surface area contributed by atoms with Gasteiger partial charge in [-0.15, -0.1) is 0 Å². The average molecular weight is 433 g/mol. The standard InChI is InChI=1S/C22H28N2O5S/c1-16(20(25)24(5)15-17-9-7-6-8-10-17)29-21(26)18-11-13-19(14-12-18)30(27,28)23-22(2,3)4/h6-14,16,23H,15H2,1-5H3/t16-/m1/s1. The lowest BCUT2D eigenvalue weighted by Gasteiger charge is -2.22. The van der Waals surface area contributed by atoms with Crippen molar-refractivity contribution in [2.75, 3.05) is 7.05 Å². The summed E-state index contributed by atoms with van der Waals surface area (Å²) in [4.78, 5) is 26.4. The zero-order valence-corrected chi connectivity index (χ0v) is 18.7. The van der Waals surface area contributed by atoms with Gasteiger partial charge in [0.2, 0.25) is 10.0 Å². The molecular formula is C22H28N2O5S. The second-order valence-electron chi connectivity index (χ2n) is 8.11. The predicted molar refractivity (Wildman–Crippen MR) is 114 cm³/mol. The van der Waals surface area contributed by atoms with Gasteiger partial charge in [-0.25, -0.2) is 17.9 Å². The van der Waals surface area contributed by atoms with Crippen LogP contribution >= 0.6 is 0 Å². The predicted octanol–water partition coefficient (Wildman–Crippen LogP) is 2.97. The van der Waals surface area contributed by atoms with E-state index in [-0.39, 0.29) is 16.4 Å². The molecule has 0 aliphatic heterocycles. The molecule has 30 heavy (non-hydrogen) atoms. The van der Waals surface area contributed by atoms with Gasteiger partial charge in [-0.1, -0.05) is 30.3 Å². The second-order valence-corrected chi connectivity index (χ2v) is 9.79. The van der Waals surface area contributed by atoms with Crippen LogP contribution in [0.5, 0.6) is 0 Å². The van der Waals surface area contributed by atoms with E-state index in [1.54, 1.807) is 27.8 Å². The summed E-state index contributed by atoms with van der Waals surface area (Å²) in [5.41, 5.74) is 0.500. The van der Waals surface area contributed by atoms with Gasteiger partial charge in [0.05, 0.1) is 10.5 Å². The Morgan fingerprint density at radius 3 is 2.13 bits per heavy atom. The number of rotatable bonds is 7. The Bertz CT molecular complexity index is 980. The molecule has 162 valence electrons. The van der Waals surface area contributed by atoms with Gasteiger partial charge in [0.25, 0.3) is 5.91 Å². The smallest absolute Gasteiger partial charge is 0.338 e. The quantitative estimate of drug-likeness (QED) is 0.679. The molecule has 0 fully saturated rings. The van der Waals surface area contributed by atoms with Crippen LogP contribution in [-0.2, 0) is 26.1 Å². The molecule has 0 unspecified atom stereocenters. The third-order valence-electron chi connectivity index (χ3n) is 4.11. The van der Waals surface area contributed by atoms with Crippen LogP contribution in [0.2, 0.25) is 0 Å². The van der Waals surface area contributed by atoms with Gasteiger partial charge >= 0.3 is 5.97 Å². The summed E-state index contributed by atoms with van der Waals surface area (Å²) in [5.74, 6) is -1.03. The number of hydrogen-bond donors (Lipinski definition) is 1. The lowest BCUT2D eigenvalue weighted by molar-refractivity contribution is -0.139. The molecule has 0 saturated heterocycles. The van der Waals surface area contributed by atoms with Crippen LogP contribution in [0.25, 0.3) is 0 Å². The molecule has 0 bridgehead atoms. The number of nitrogens with one attached hydrogen (secondary N) is 1. The summed E-state index contributed by atoms with van der Waals surface area (Å²) >= 11 is 0. The molecule has 0 aliphatic rings. The number of benzene rings is 2. The van der Waals surface area contributed by atoms with E-state index in [1.165, 1.54) is 36.1 Å². The molecule has 0 saturated carbocycles. The first-order valence-corrected chi connectivity index (χ1v) is 11.0. The van der Waals surface area contributed by atoms with Gasteiger partial charge in [0, 0.05) is 19.1 Å². The van der Waals surface area contributed by atoms with E-state index in [2.05, 4.69) is 4.72 Å². The van der Waals surface area contributed by atoms with E-state index < -0.39 is 27.6 Å². The van der Waals surface area contributed by atoms with Gasteiger partial charge < -0.3 is 9.64 Å². The highest BCUT2D eigenvalue weighted by Gasteiger charge is 2.24. The van der Waals surface area contributed by atoms with Crippen molar-refractivity contribution in [3.05, 3.63) is 65.7 Å². The topological polar surface area (TPSA) is 92.8 Å². The first kappa shape index (κ1) is 23.6. The van der Waals surface area contributed by atoms with Crippen LogP contribution in [0.4, 0.5) is 0 Å². The van der Waals surface area contributed by atoms with Crippen LogP contribution < -0.4 is 4.72 Å². The van der Waals surface area contributed by atoms with E-state index in [1.807, 2.05) is 30.3 Å². The fraction of sp³-hybridized carbons (Fsp3) is 0.364. The van der Waals surface area contributed by atoms with Gasteiger partial charge in [-0.2, -0.15) is 0 Å². The van der Waals surface area contributed by atoms with Crippen molar-refractivity contribution in [1.29, 1.82) is 0 Å². The summed E-state index contributed by atoms with van der Waals surface area (Å²) in [6, 6.07) is 14.9. The zero-order valence-electron chi connectivity index (χ0n) is 17.9. The lowest BCUT2D eigenvalue weighted by Crippen LogP contribution is -2.40. The molecule has 1 N–H and O–H groups in total. The zero-order chi connectivity index (χ0) is 22.5. The van der Waals surface area contributed by atoms with Gasteiger partial charge in [0.15, 0.2) is 6.10 Å². The SMILES string of the molecule is C[C@@H](OC(=O)c1ccc(S(=O)(=O)NC(C)(C)C)cc1)C(=O)N(C)Cc1ccccc1. The Balaban J connectivity index is 2.00. The third-order valence-corrected chi connectivity index (χ3v) is 5.89. The van der Waals surface area contributed by atoms with Gasteiger partial charge in [-0.05, 0) is 57.5 Å². The number of carbonyl (C=O) groups is 2. The van der Waals surface area contributed by atoms with Crippen molar-refractivity contribution in [1.82, 2.24) is 9.62 Å². The summed E-state index contributed by atoms with van der Waals surface area (Å²) in [6.45, 7) is 7.12. The van der Waals surface area contributed by atoms with E-state index in [0.717, 1.165) is 5.56 Å². The minimum absolute atomic E-state index is 0.0423. The number of sulfonamides is 1. The molecule has 2 aromatic carbocycles. The average Bonchev–Trinajstić information content (AvgIpc) is 2.66. The minimum Gasteiger partial charge on any atom is -0.449 e. The van der Waals surface area contributed by atoms with E-state index in [4.69, 9.17) is 4.74 Å². The molecule has 0 heterocycles. The molecule has 0 aromatic heterocycles. The normalized spacial score (nSPS) is 12.8. The highest BCUT2D eigenvalue weighted by Crippen LogP contribution is 2.15. The molecule has 8 heteroatoms. The van der Waals surface area contributed by atoms with Crippen LogP contribution in [0.3, 0.4) is 0 Å². The second kappa shape index (κ2) is 9.40. The highest BCUT2D eigenvalue weighted by atomic mass is 32.2. The molecule has 2 aromatic rings. The molecule has 1 amide bonds. The minimum atomic E-state index is -3.70. The maximum atomic E-state index is 12.5. The fourth-order valence-corrected chi connectivity index (χ4v) is 4.18. The van der Waals surface area contributed by atoms with Crippen molar-refractivity contribution < 1.29 is 22.7 Å². The summed E-state index contributed by atoms with van der Waals surface area (Å²) in [5, 5.41) is 0. The van der Waals surface area contributed by atoms with Crippen LogP contribution in [0, 0.1) is 0 Å². The van der Waals surface area contributed by atoms with Gasteiger partial charge in [-0.3, -0.25) is 4.79 Å². The molecule has 0 aliphatic carbocycles. The lowest BCUT2D eigenvalue weighted by atomic mass is 10.1. The van der Waals surface area contributed by atoms with Crippen molar-refractivity contribution in [2.45, 2.75) is 50.8 Å². The maximum Gasteiger partial charge on any atom is 0.338 e. The van der Waals surface area contributed by atoms with E-state index >= 15 is 0 Å². The molecule has 0 spiro atoms. The van der Waals surface area contributed by atoms with Crippen molar-refractivity contribution in [2.24, 2.45) is 0 Å². The molecule has 7 nitrogen and oxygen atoms in total. The Morgan fingerprint density at radius 1 is 1.03 bits per heavy atom. The summed E-state index contributed by atoms with van der Waals surface area (Å²) < 4.78 is 32.5. The van der Waals surface area contributed by atoms with Crippen LogP contribution in [0.15, 0.2) is 59.5 Å². The van der Waals surface area contributed by atoms with E-state index in [9.17, 15) is 18.0 Å².